The Morgan fingerprint density at radius 1 is 1.35 bits per heavy atom. The second-order valence-corrected chi connectivity index (χ2v) is 4.47. The third-order valence-corrected chi connectivity index (χ3v) is 3.11. The lowest BCUT2D eigenvalue weighted by Crippen LogP contribution is -2.05. The summed E-state index contributed by atoms with van der Waals surface area (Å²) in [6, 6.07) is 8.79. The zero-order valence-electron chi connectivity index (χ0n) is 10.7. The van der Waals surface area contributed by atoms with Crippen molar-refractivity contribution in [1.82, 2.24) is 9.88 Å². The molecule has 0 fully saturated rings. The van der Waals surface area contributed by atoms with Crippen LogP contribution in [0.4, 0.5) is 0 Å². The van der Waals surface area contributed by atoms with Gasteiger partial charge in [0, 0.05) is 24.8 Å². The molecule has 1 aromatic carbocycles. The number of hydrogen-bond acceptors (Lipinski definition) is 1. The Bertz CT molecular complexity index is 523. The van der Waals surface area contributed by atoms with E-state index >= 15 is 0 Å². The van der Waals surface area contributed by atoms with Crippen LogP contribution in [0, 0.1) is 0 Å². The van der Waals surface area contributed by atoms with Crippen LogP contribution in [0.15, 0.2) is 42.6 Å². The van der Waals surface area contributed by atoms with Gasteiger partial charge in [0.25, 0.3) is 0 Å². The molecule has 0 bridgehead atoms. The molecule has 0 spiro atoms. The Labute approximate surface area is 103 Å². The highest BCUT2D eigenvalue weighted by Crippen LogP contribution is 2.19. The van der Waals surface area contributed by atoms with Crippen molar-refractivity contribution in [1.29, 1.82) is 0 Å². The Morgan fingerprint density at radius 3 is 2.88 bits per heavy atom. The second-order valence-electron chi connectivity index (χ2n) is 4.47. The van der Waals surface area contributed by atoms with E-state index in [1.54, 1.807) is 0 Å². The van der Waals surface area contributed by atoms with Crippen molar-refractivity contribution in [3.63, 3.8) is 0 Å². The summed E-state index contributed by atoms with van der Waals surface area (Å²) in [5.74, 6) is 0. The molecule has 0 amide bonds. The first kappa shape index (κ1) is 11.9. The van der Waals surface area contributed by atoms with Gasteiger partial charge in [-0.15, -0.1) is 0 Å². The molecule has 17 heavy (non-hydrogen) atoms. The Morgan fingerprint density at radius 2 is 2.18 bits per heavy atom. The summed E-state index contributed by atoms with van der Waals surface area (Å²) in [6.07, 6.45) is 3.19. The van der Waals surface area contributed by atoms with Crippen molar-refractivity contribution in [3.05, 3.63) is 48.2 Å². The first-order valence-electron chi connectivity index (χ1n) is 6.13. The van der Waals surface area contributed by atoms with E-state index in [9.17, 15) is 0 Å². The molecule has 0 saturated carbocycles. The van der Waals surface area contributed by atoms with Gasteiger partial charge in [0.2, 0.25) is 0 Å². The summed E-state index contributed by atoms with van der Waals surface area (Å²) in [6.45, 7) is 8.07. The molecule has 0 aliphatic rings. The standard InChI is InChI=1S/C15H20N2/c1-4-12(2)11-17-8-7-14-6-5-13(10-16-3)9-15(14)17/h5-9,16H,2,4,10-11H2,1,3H3. The summed E-state index contributed by atoms with van der Waals surface area (Å²) in [5.41, 5.74) is 3.89. The molecule has 0 aliphatic heterocycles. The van der Waals surface area contributed by atoms with Gasteiger partial charge in [-0.2, -0.15) is 0 Å². The van der Waals surface area contributed by atoms with E-state index in [0.29, 0.717) is 0 Å². The van der Waals surface area contributed by atoms with E-state index in [-0.39, 0.29) is 0 Å². The van der Waals surface area contributed by atoms with Gasteiger partial charge in [-0.1, -0.05) is 31.2 Å². The van der Waals surface area contributed by atoms with E-state index < -0.39 is 0 Å². The van der Waals surface area contributed by atoms with E-state index in [1.165, 1.54) is 22.0 Å². The van der Waals surface area contributed by atoms with E-state index in [1.807, 2.05) is 7.05 Å². The number of aromatic nitrogens is 1. The summed E-state index contributed by atoms with van der Waals surface area (Å²) >= 11 is 0. The molecular formula is C15H20N2. The quantitative estimate of drug-likeness (QED) is 0.777. The number of fused-ring (bicyclic) bond motifs is 1. The molecule has 0 atom stereocenters. The first-order chi connectivity index (χ1) is 8.24. The maximum absolute atomic E-state index is 4.08. The maximum atomic E-state index is 4.08. The van der Waals surface area contributed by atoms with Crippen LogP contribution in [0.1, 0.15) is 18.9 Å². The van der Waals surface area contributed by atoms with Gasteiger partial charge >= 0.3 is 0 Å². The minimum Gasteiger partial charge on any atom is -0.343 e. The summed E-state index contributed by atoms with van der Waals surface area (Å²) in [4.78, 5) is 0. The van der Waals surface area contributed by atoms with E-state index in [2.05, 4.69) is 53.8 Å². The number of nitrogens with zero attached hydrogens (tertiary/aromatic N) is 1. The lowest BCUT2D eigenvalue weighted by molar-refractivity contribution is 0.786. The monoisotopic (exact) mass is 228 g/mol. The molecule has 2 heteroatoms. The predicted octanol–water partition coefficient (Wildman–Crippen LogP) is 3.33. The second kappa shape index (κ2) is 5.19. The van der Waals surface area contributed by atoms with Gasteiger partial charge in [0.05, 0.1) is 0 Å². The highest BCUT2D eigenvalue weighted by atomic mass is 15.0. The first-order valence-corrected chi connectivity index (χ1v) is 6.13. The Kier molecular flexibility index (Phi) is 3.64. The molecule has 2 rings (SSSR count). The molecule has 0 unspecified atom stereocenters. The lowest BCUT2D eigenvalue weighted by Gasteiger charge is -2.08. The number of rotatable bonds is 5. The molecule has 1 heterocycles. The zero-order chi connectivity index (χ0) is 12.3. The average Bonchev–Trinajstić information content (AvgIpc) is 2.72. The minimum atomic E-state index is 0.913. The van der Waals surface area contributed by atoms with Gasteiger partial charge in [0.15, 0.2) is 0 Å². The lowest BCUT2D eigenvalue weighted by atomic mass is 10.1. The average molecular weight is 228 g/mol. The van der Waals surface area contributed by atoms with Crippen molar-refractivity contribution in [2.24, 2.45) is 0 Å². The topological polar surface area (TPSA) is 17.0 Å². The molecular weight excluding hydrogens is 208 g/mol. The fraction of sp³-hybridized carbons (Fsp3) is 0.333. The van der Waals surface area contributed by atoms with Crippen molar-refractivity contribution in [2.75, 3.05) is 7.05 Å². The van der Waals surface area contributed by atoms with Crippen molar-refractivity contribution in [3.8, 4) is 0 Å². The van der Waals surface area contributed by atoms with Crippen LogP contribution in [0.2, 0.25) is 0 Å². The van der Waals surface area contributed by atoms with Gasteiger partial charge < -0.3 is 9.88 Å². The summed E-state index contributed by atoms with van der Waals surface area (Å²) in [7, 11) is 1.97. The molecule has 0 radical (unpaired) electrons. The van der Waals surface area contributed by atoms with Crippen LogP contribution in [0.5, 0.6) is 0 Å². The van der Waals surface area contributed by atoms with Gasteiger partial charge in [-0.05, 0) is 36.6 Å². The third kappa shape index (κ3) is 2.59. The van der Waals surface area contributed by atoms with Gasteiger partial charge in [-0.3, -0.25) is 0 Å². The molecule has 0 aliphatic carbocycles. The smallest absolute Gasteiger partial charge is 0.0486 e. The van der Waals surface area contributed by atoms with Crippen LogP contribution < -0.4 is 5.32 Å². The largest absolute Gasteiger partial charge is 0.343 e. The van der Waals surface area contributed by atoms with Crippen LogP contribution >= 0.6 is 0 Å². The van der Waals surface area contributed by atoms with Crippen LogP contribution in [0.25, 0.3) is 10.9 Å². The minimum absolute atomic E-state index is 0.913. The molecule has 2 nitrogen and oxygen atoms in total. The maximum Gasteiger partial charge on any atom is 0.0486 e. The molecule has 1 aromatic heterocycles. The van der Waals surface area contributed by atoms with Crippen LogP contribution in [-0.4, -0.2) is 11.6 Å². The van der Waals surface area contributed by atoms with Crippen molar-refractivity contribution < 1.29 is 0 Å². The molecule has 1 N–H and O–H groups in total. The summed E-state index contributed by atoms with van der Waals surface area (Å²) < 4.78 is 2.28. The van der Waals surface area contributed by atoms with Gasteiger partial charge in [0.1, 0.15) is 0 Å². The number of allylic oxidation sites excluding steroid dienone is 1. The van der Waals surface area contributed by atoms with Gasteiger partial charge in [-0.25, -0.2) is 0 Å². The molecule has 0 saturated heterocycles. The van der Waals surface area contributed by atoms with E-state index in [0.717, 1.165) is 19.5 Å². The van der Waals surface area contributed by atoms with E-state index in [4.69, 9.17) is 0 Å². The van der Waals surface area contributed by atoms with Crippen LogP contribution in [-0.2, 0) is 13.1 Å². The van der Waals surface area contributed by atoms with Crippen molar-refractivity contribution >= 4 is 10.9 Å². The predicted molar refractivity (Wildman–Crippen MR) is 74.1 cm³/mol. The number of nitrogens with one attached hydrogen (secondary N) is 1. The fourth-order valence-corrected chi connectivity index (χ4v) is 2.03. The zero-order valence-corrected chi connectivity index (χ0v) is 10.7. The normalized spacial score (nSPS) is 10.9. The molecule has 2 aromatic rings. The fourth-order valence-electron chi connectivity index (χ4n) is 2.03. The molecule has 90 valence electrons. The number of benzene rings is 1. The SMILES string of the molecule is C=C(CC)Cn1ccc2ccc(CNC)cc21. The van der Waals surface area contributed by atoms with Crippen LogP contribution in [0.3, 0.4) is 0 Å². The Hall–Kier alpha value is -1.54. The third-order valence-electron chi connectivity index (χ3n) is 3.11. The Balaban J connectivity index is 2.36. The number of hydrogen-bond donors (Lipinski definition) is 1. The highest BCUT2D eigenvalue weighted by molar-refractivity contribution is 5.80. The highest BCUT2D eigenvalue weighted by Gasteiger charge is 2.03. The summed E-state index contributed by atoms with van der Waals surface area (Å²) in [5, 5.41) is 4.49. The van der Waals surface area contributed by atoms with Crippen molar-refractivity contribution in [2.45, 2.75) is 26.4 Å².